The first-order valence-electron chi connectivity index (χ1n) is 7.18. The fourth-order valence-electron chi connectivity index (χ4n) is 1.92. The molecule has 0 aliphatic rings. The minimum Gasteiger partial charge on any atom is -0.484 e. The highest BCUT2D eigenvalue weighted by Crippen LogP contribution is 2.15. The van der Waals surface area contributed by atoms with Gasteiger partial charge in [-0.15, -0.1) is 0 Å². The molecule has 20 heavy (non-hydrogen) atoms. The third kappa shape index (κ3) is 6.36. The van der Waals surface area contributed by atoms with Gasteiger partial charge in [0.15, 0.2) is 12.4 Å². The van der Waals surface area contributed by atoms with Crippen LogP contribution in [0.2, 0.25) is 0 Å². The molecule has 0 unspecified atom stereocenters. The summed E-state index contributed by atoms with van der Waals surface area (Å²) >= 11 is 0. The van der Waals surface area contributed by atoms with Gasteiger partial charge in [0.25, 0.3) is 5.91 Å². The van der Waals surface area contributed by atoms with E-state index in [1.807, 2.05) is 0 Å². The number of benzene rings is 1. The second-order valence-electron chi connectivity index (χ2n) is 4.87. The average Bonchev–Trinajstić information content (AvgIpc) is 2.45. The predicted molar refractivity (Wildman–Crippen MR) is 78.8 cm³/mol. The number of unbranched alkanes of at least 4 members (excludes halogenated alkanes) is 4. The molecule has 0 spiro atoms. The Kier molecular flexibility index (Phi) is 7.40. The average molecular weight is 277 g/mol. The van der Waals surface area contributed by atoms with E-state index in [0.29, 0.717) is 17.7 Å². The maximum atomic E-state index is 11.9. The van der Waals surface area contributed by atoms with Crippen molar-refractivity contribution >= 4 is 11.7 Å². The van der Waals surface area contributed by atoms with Gasteiger partial charge in [0.1, 0.15) is 5.75 Å². The van der Waals surface area contributed by atoms with Crippen molar-refractivity contribution in [1.29, 1.82) is 0 Å². The summed E-state index contributed by atoms with van der Waals surface area (Å²) in [5.41, 5.74) is 5.68. The van der Waals surface area contributed by atoms with Crippen LogP contribution in [0, 0.1) is 0 Å². The van der Waals surface area contributed by atoms with E-state index in [0.717, 1.165) is 12.8 Å². The molecule has 0 fully saturated rings. The maximum Gasteiger partial charge on any atom is 0.255 e. The second-order valence-corrected chi connectivity index (χ2v) is 4.87. The molecule has 0 atom stereocenters. The molecule has 2 N–H and O–H groups in total. The third-order valence-corrected chi connectivity index (χ3v) is 3.06. The lowest BCUT2D eigenvalue weighted by Gasteiger charge is -2.05. The third-order valence-electron chi connectivity index (χ3n) is 3.06. The molecule has 1 rings (SSSR count). The van der Waals surface area contributed by atoms with Crippen molar-refractivity contribution < 1.29 is 14.3 Å². The van der Waals surface area contributed by atoms with Crippen molar-refractivity contribution in [2.75, 3.05) is 6.61 Å². The first kappa shape index (κ1) is 16.2. The molecule has 110 valence electrons. The Bertz CT molecular complexity index is 426. The van der Waals surface area contributed by atoms with Crippen LogP contribution in [-0.2, 0) is 4.79 Å². The summed E-state index contributed by atoms with van der Waals surface area (Å²) in [6.45, 7) is 2.03. The van der Waals surface area contributed by atoms with Gasteiger partial charge in [0, 0.05) is 12.0 Å². The minimum absolute atomic E-state index is 0.148. The number of carbonyl (C=O) groups is 2. The Hall–Kier alpha value is -1.84. The van der Waals surface area contributed by atoms with Crippen molar-refractivity contribution in [3.05, 3.63) is 29.8 Å². The molecule has 4 heteroatoms. The largest absolute Gasteiger partial charge is 0.484 e. The lowest BCUT2D eigenvalue weighted by Crippen LogP contribution is -2.20. The van der Waals surface area contributed by atoms with Gasteiger partial charge in [-0.1, -0.05) is 32.6 Å². The number of ketones is 1. The summed E-state index contributed by atoms with van der Waals surface area (Å²) in [6, 6.07) is 6.83. The Morgan fingerprint density at radius 3 is 2.30 bits per heavy atom. The van der Waals surface area contributed by atoms with Gasteiger partial charge in [-0.25, -0.2) is 0 Å². The van der Waals surface area contributed by atoms with Crippen LogP contribution in [0.25, 0.3) is 0 Å². The van der Waals surface area contributed by atoms with E-state index in [4.69, 9.17) is 10.5 Å². The molecule has 0 aromatic heterocycles. The van der Waals surface area contributed by atoms with Gasteiger partial charge in [0.2, 0.25) is 0 Å². The molecular formula is C16H23NO3. The molecule has 1 aromatic carbocycles. The van der Waals surface area contributed by atoms with Gasteiger partial charge >= 0.3 is 0 Å². The number of hydrogen-bond acceptors (Lipinski definition) is 3. The van der Waals surface area contributed by atoms with E-state index in [1.54, 1.807) is 24.3 Å². The number of carbonyl (C=O) groups excluding carboxylic acids is 2. The zero-order valence-corrected chi connectivity index (χ0v) is 12.1. The van der Waals surface area contributed by atoms with E-state index in [2.05, 4.69) is 6.92 Å². The van der Waals surface area contributed by atoms with Crippen LogP contribution in [0.3, 0.4) is 0 Å². The van der Waals surface area contributed by atoms with Crippen LogP contribution in [0.5, 0.6) is 5.75 Å². The highest BCUT2D eigenvalue weighted by atomic mass is 16.5. The zero-order valence-electron chi connectivity index (χ0n) is 12.1. The van der Waals surface area contributed by atoms with E-state index in [1.165, 1.54) is 19.3 Å². The second kappa shape index (κ2) is 9.13. The molecule has 0 aliphatic heterocycles. The number of primary amides is 1. The van der Waals surface area contributed by atoms with E-state index in [-0.39, 0.29) is 12.4 Å². The lowest BCUT2D eigenvalue weighted by atomic mass is 10.0. The van der Waals surface area contributed by atoms with Gasteiger partial charge in [-0.3, -0.25) is 9.59 Å². The Morgan fingerprint density at radius 2 is 1.70 bits per heavy atom. The molecule has 0 radical (unpaired) electrons. The summed E-state index contributed by atoms with van der Waals surface area (Å²) in [5, 5.41) is 0. The number of hydrogen-bond donors (Lipinski definition) is 1. The van der Waals surface area contributed by atoms with Crippen molar-refractivity contribution in [2.45, 2.75) is 45.4 Å². The molecular weight excluding hydrogens is 254 g/mol. The van der Waals surface area contributed by atoms with Crippen LogP contribution in [0.4, 0.5) is 0 Å². The molecule has 0 heterocycles. The van der Waals surface area contributed by atoms with Crippen LogP contribution < -0.4 is 10.5 Å². The first-order chi connectivity index (χ1) is 9.63. The van der Waals surface area contributed by atoms with Gasteiger partial charge in [-0.2, -0.15) is 0 Å². The van der Waals surface area contributed by atoms with E-state index >= 15 is 0 Å². The zero-order chi connectivity index (χ0) is 14.8. The summed E-state index contributed by atoms with van der Waals surface area (Å²) in [4.78, 5) is 22.5. The summed E-state index contributed by atoms with van der Waals surface area (Å²) in [6.07, 6.45) is 6.29. The standard InChI is InChI=1S/C16H23NO3/c1-2-3-4-5-6-7-15(18)13-8-10-14(11-9-13)20-12-16(17)19/h8-11H,2-7,12H2,1H3,(H2,17,19). The summed E-state index contributed by atoms with van der Waals surface area (Å²) in [7, 11) is 0. The van der Waals surface area contributed by atoms with Crippen molar-refractivity contribution in [1.82, 2.24) is 0 Å². The van der Waals surface area contributed by atoms with E-state index < -0.39 is 5.91 Å². The molecule has 1 amide bonds. The number of rotatable bonds is 10. The van der Waals surface area contributed by atoms with Crippen LogP contribution in [0.1, 0.15) is 55.8 Å². The number of Topliss-reactive ketones (excluding diaryl/α,β-unsaturated/α-hetero) is 1. The topological polar surface area (TPSA) is 69.4 Å². The number of ether oxygens (including phenoxy) is 1. The van der Waals surface area contributed by atoms with E-state index in [9.17, 15) is 9.59 Å². The fourth-order valence-corrected chi connectivity index (χ4v) is 1.92. The van der Waals surface area contributed by atoms with Crippen molar-refractivity contribution in [2.24, 2.45) is 5.73 Å². The van der Waals surface area contributed by atoms with Crippen molar-refractivity contribution in [3.8, 4) is 5.75 Å². The molecule has 0 bridgehead atoms. The fraction of sp³-hybridized carbons (Fsp3) is 0.500. The summed E-state index contributed by atoms with van der Waals surface area (Å²) < 4.78 is 5.14. The maximum absolute atomic E-state index is 11.9. The molecule has 0 saturated heterocycles. The first-order valence-corrected chi connectivity index (χ1v) is 7.18. The highest BCUT2D eigenvalue weighted by Gasteiger charge is 2.06. The van der Waals surface area contributed by atoms with Crippen LogP contribution in [-0.4, -0.2) is 18.3 Å². The van der Waals surface area contributed by atoms with Crippen LogP contribution in [0.15, 0.2) is 24.3 Å². The SMILES string of the molecule is CCCCCCCC(=O)c1ccc(OCC(N)=O)cc1. The Labute approximate surface area is 120 Å². The summed E-state index contributed by atoms with van der Waals surface area (Å²) in [5.74, 6) is 0.184. The Balaban J connectivity index is 2.35. The highest BCUT2D eigenvalue weighted by molar-refractivity contribution is 5.96. The molecule has 1 aromatic rings. The Morgan fingerprint density at radius 1 is 1.05 bits per heavy atom. The molecule has 0 aliphatic carbocycles. The van der Waals surface area contributed by atoms with Gasteiger partial charge < -0.3 is 10.5 Å². The minimum atomic E-state index is -0.516. The number of nitrogens with two attached hydrogens (primary N) is 1. The predicted octanol–water partition coefficient (Wildman–Crippen LogP) is 3.09. The number of amides is 1. The van der Waals surface area contributed by atoms with Gasteiger partial charge in [0.05, 0.1) is 0 Å². The van der Waals surface area contributed by atoms with Crippen LogP contribution >= 0.6 is 0 Å². The molecule has 0 saturated carbocycles. The molecule has 4 nitrogen and oxygen atoms in total. The lowest BCUT2D eigenvalue weighted by molar-refractivity contribution is -0.119. The van der Waals surface area contributed by atoms with Gasteiger partial charge in [-0.05, 0) is 30.7 Å². The normalized spacial score (nSPS) is 10.2. The van der Waals surface area contributed by atoms with Crippen molar-refractivity contribution in [3.63, 3.8) is 0 Å². The smallest absolute Gasteiger partial charge is 0.255 e. The quantitative estimate of drug-likeness (QED) is 0.527. The monoisotopic (exact) mass is 277 g/mol.